The summed E-state index contributed by atoms with van der Waals surface area (Å²) in [6.07, 6.45) is 0.342. The quantitative estimate of drug-likeness (QED) is 0.825. The molecule has 0 aromatic heterocycles. The van der Waals surface area contributed by atoms with E-state index in [0.717, 1.165) is 13.1 Å². The van der Waals surface area contributed by atoms with Crippen LogP contribution < -0.4 is 5.32 Å². The monoisotopic (exact) mass is 336 g/mol. The molecule has 5 heteroatoms. The number of para-hydroxylation sites is 1. The molecule has 2 aromatic carbocycles. The lowest BCUT2D eigenvalue weighted by Gasteiger charge is -2.20. The summed E-state index contributed by atoms with van der Waals surface area (Å²) >= 11 is 0. The molecule has 0 heterocycles. The molecule has 0 unspecified atom stereocenters. The first-order chi connectivity index (χ1) is 10.7. The summed E-state index contributed by atoms with van der Waals surface area (Å²) < 4.78 is 13.5. The Hall–Kier alpha value is -1.91. The maximum atomic E-state index is 13.5. The minimum Gasteiger partial charge on any atom is -0.324 e. The molecule has 0 atom stereocenters. The minimum atomic E-state index is -0.410. The molecule has 1 amide bonds. The molecule has 0 radical (unpaired) electrons. The van der Waals surface area contributed by atoms with Gasteiger partial charge in [0, 0.05) is 19.5 Å². The Labute approximate surface area is 142 Å². The molecule has 0 aliphatic rings. The third-order valence-electron chi connectivity index (χ3n) is 3.50. The van der Waals surface area contributed by atoms with Gasteiger partial charge in [0.2, 0.25) is 5.91 Å². The number of anilines is 1. The van der Waals surface area contributed by atoms with Crippen LogP contribution in [0.5, 0.6) is 0 Å². The van der Waals surface area contributed by atoms with E-state index in [0.29, 0.717) is 13.0 Å². The molecular weight excluding hydrogens is 315 g/mol. The van der Waals surface area contributed by atoms with E-state index < -0.39 is 5.82 Å². The third-order valence-corrected chi connectivity index (χ3v) is 3.50. The van der Waals surface area contributed by atoms with Crippen LogP contribution in [-0.4, -0.2) is 23.9 Å². The van der Waals surface area contributed by atoms with Crippen molar-refractivity contribution in [1.82, 2.24) is 4.90 Å². The van der Waals surface area contributed by atoms with Crippen LogP contribution in [0.3, 0.4) is 0 Å². The van der Waals surface area contributed by atoms with Gasteiger partial charge in [-0.25, -0.2) is 4.39 Å². The number of hydrogen-bond acceptors (Lipinski definition) is 2. The largest absolute Gasteiger partial charge is 0.324 e. The average Bonchev–Trinajstić information content (AvgIpc) is 2.54. The van der Waals surface area contributed by atoms with Gasteiger partial charge in [0.25, 0.3) is 0 Å². The zero-order valence-electron chi connectivity index (χ0n) is 13.2. The molecule has 0 bridgehead atoms. The third kappa shape index (κ3) is 6.38. The van der Waals surface area contributed by atoms with Gasteiger partial charge in [-0.05, 0) is 24.2 Å². The summed E-state index contributed by atoms with van der Waals surface area (Å²) in [5.74, 6) is -0.580. The number of nitrogens with zero attached hydrogens (tertiary/aromatic N) is 1. The summed E-state index contributed by atoms with van der Waals surface area (Å²) in [6.45, 7) is 4.38. The van der Waals surface area contributed by atoms with Crippen LogP contribution >= 0.6 is 12.4 Å². The number of hydrogen-bond donors (Lipinski definition) is 1. The highest BCUT2D eigenvalue weighted by Gasteiger charge is 2.09. The van der Waals surface area contributed by atoms with Crippen LogP contribution in [-0.2, 0) is 11.3 Å². The molecule has 23 heavy (non-hydrogen) atoms. The summed E-state index contributed by atoms with van der Waals surface area (Å²) in [6, 6.07) is 16.3. The number of nitrogens with one attached hydrogen (secondary N) is 1. The van der Waals surface area contributed by atoms with Gasteiger partial charge in [-0.1, -0.05) is 49.4 Å². The second-order valence-electron chi connectivity index (χ2n) is 5.13. The molecular formula is C18H22ClFN2O. The van der Waals surface area contributed by atoms with Crippen LogP contribution in [0.1, 0.15) is 18.9 Å². The lowest BCUT2D eigenvalue weighted by molar-refractivity contribution is -0.116. The number of amides is 1. The Morgan fingerprint density at radius 3 is 2.39 bits per heavy atom. The Bertz CT molecular complexity index is 607. The highest BCUT2D eigenvalue weighted by atomic mass is 35.5. The standard InChI is InChI=1S/C18H21FN2O.ClH/c1-2-21(14-15-8-4-3-5-9-15)13-12-18(22)20-17-11-7-6-10-16(17)19;/h3-11H,2,12-14H2,1H3,(H,20,22);1H. The first-order valence-electron chi connectivity index (χ1n) is 7.49. The summed E-state index contributed by atoms with van der Waals surface area (Å²) in [5, 5.41) is 2.61. The van der Waals surface area contributed by atoms with Crippen molar-refractivity contribution in [1.29, 1.82) is 0 Å². The van der Waals surface area contributed by atoms with Gasteiger partial charge >= 0.3 is 0 Å². The van der Waals surface area contributed by atoms with Gasteiger partial charge in [0.05, 0.1) is 5.69 Å². The fourth-order valence-electron chi connectivity index (χ4n) is 2.23. The molecule has 2 rings (SSSR count). The average molecular weight is 337 g/mol. The van der Waals surface area contributed by atoms with Crippen molar-refractivity contribution >= 4 is 24.0 Å². The van der Waals surface area contributed by atoms with Gasteiger partial charge in [-0.3, -0.25) is 9.69 Å². The molecule has 1 N–H and O–H groups in total. The molecule has 0 saturated carbocycles. The lowest BCUT2D eigenvalue weighted by atomic mass is 10.2. The normalized spacial score (nSPS) is 10.2. The van der Waals surface area contributed by atoms with Gasteiger partial charge in [-0.2, -0.15) is 0 Å². The summed E-state index contributed by atoms with van der Waals surface area (Å²) in [4.78, 5) is 14.1. The maximum Gasteiger partial charge on any atom is 0.225 e. The van der Waals surface area contributed by atoms with Crippen molar-refractivity contribution in [2.75, 3.05) is 18.4 Å². The van der Waals surface area contributed by atoms with Gasteiger partial charge in [0.1, 0.15) is 5.82 Å². The number of benzene rings is 2. The van der Waals surface area contributed by atoms with E-state index in [4.69, 9.17) is 0 Å². The second-order valence-corrected chi connectivity index (χ2v) is 5.13. The molecule has 3 nitrogen and oxygen atoms in total. The highest BCUT2D eigenvalue weighted by Crippen LogP contribution is 2.13. The molecule has 0 aliphatic carbocycles. The van der Waals surface area contributed by atoms with Crippen molar-refractivity contribution in [3.63, 3.8) is 0 Å². The van der Waals surface area contributed by atoms with Crippen LogP contribution in [0.4, 0.5) is 10.1 Å². The van der Waals surface area contributed by atoms with E-state index in [1.54, 1.807) is 18.2 Å². The number of carbonyl (C=O) groups is 1. The maximum absolute atomic E-state index is 13.5. The van der Waals surface area contributed by atoms with Crippen LogP contribution in [0, 0.1) is 5.82 Å². The van der Waals surface area contributed by atoms with E-state index in [1.165, 1.54) is 11.6 Å². The van der Waals surface area contributed by atoms with Crippen molar-refractivity contribution in [3.8, 4) is 0 Å². The van der Waals surface area contributed by atoms with Crippen molar-refractivity contribution in [2.45, 2.75) is 19.9 Å². The lowest BCUT2D eigenvalue weighted by Crippen LogP contribution is -2.27. The van der Waals surface area contributed by atoms with Gasteiger partial charge in [0.15, 0.2) is 0 Å². The molecule has 124 valence electrons. The zero-order valence-corrected chi connectivity index (χ0v) is 14.0. The predicted molar refractivity (Wildman–Crippen MR) is 94.3 cm³/mol. The van der Waals surface area contributed by atoms with Gasteiger partial charge in [-0.15, -0.1) is 12.4 Å². The Morgan fingerprint density at radius 1 is 1.09 bits per heavy atom. The van der Waals surface area contributed by atoms with E-state index in [9.17, 15) is 9.18 Å². The number of rotatable bonds is 7. The Kier molecular flexibility index (Phi) is 8.30. The zero-order chi connectivity index (χ0) is 15.8. The predicted octanol–water partition coefficient (Wildman–Crippen LogP) is 4.10. The fraction of sp³-hybridized carbons (Fsp3) is 0.278. The van der Waals surface area contributed by atoms with Crippen LogP contribution in [0.15, 0.2) is 54.6 Å². The van der Waals surface area contributed by atoms with E-state index in [1.807, 2.05) is 18.2 Å². The molecule has 0 aliphatic heterocycles. The van der Waals surface area contributed by atoms with Crippen LogP contribution in [0.25, 0.3) is 0 Å². The number of carbonyl (C=O) groups excluding carboxylic acids is 1. The topological polar surface area (TPSA) is 32.3 Å². The SMILES string of the molecule is CCN(CCC(=O)Nc1ccccc1F)Cc1ccccc1.Cl. The van der Waals surface area contributed by atoms with Crippen molar-refractivity contribution < 1.29 is 9.18 Å². The molecule has 0 saturated heterocycles. The van der Waals surface area contributed by atoms with E-state index in [-0.39, 0.29) is 24.0 Å². The van der Waals surface area contributed by atoms with Crippen molar-refractivity contribution in [2.24, 2.45) is 0 Å². The Balaban J connectivity index is 0.00000264. The Morgan fingerprint density at radius 2 is 1.74 bits per heavy atom. The first kappa shape index (κ1) is 19.1. The van der Waals surface area contributed by atoms with E-state index in [2.05, 4.69) is 29.3 Å². The van der Waals surface area contributed by atoms with Crippen LogP contribution in [0.2, 0.25) is 0 Å². The highest BCUT2D eigenvalue weighted by molar-refractivity contribution is 5.90. The second kappa shape index (κ2) is 9.98. The molecule has 0 spiro atoms. The fourth-order valence-corrected chi connectivity index (χ4v) is 2.23. The summed E-state index contributed by atoms with van der Waals surface area (Å²) in [7, 11) is 0. The number of halogens is 2. The van der Waals surface area contributed by atoms with E-state index >= 15 is 0 Å². The first-order valence-corrected chi connectivity index (χ1v) is 7.49. The molecule has 2 aromatic rings. The van der Waals surface area contributed by atoms with Crippen molar-refractivity contribution in [3.05, 3.63) is 66.0 Å². The summed E-state index contributed by atoms with van der Waals surface area (Å²) in [5.41, 5.74) is 1.46. The minimum absolute atomic E-state index is 0. The molecule has 0 fully saturated rings. The smallest absolute Gasteiger partial charge is 0.225 e. The van der Waals surface area contributed by atoms with Gasteiger partial charge < -0.3 is 5.32 Å².